The number of nitrogens with zero attached hydrogens (tertiary/aromatic N) is 1. The average Bonchev–Trinajstić information content (AvgIpc) is 2.87. The molecule has 186 valence electrons. The highest BCUT2D eigenvalue weighted by Crippen LogP contribution is 2.36. The van der Waals surface area contributed by atoms with E-state index in [2.05, 4.69) is 10.6 Å². The van der Waals surface area contributed by atoms with Crippen molar-refractivity contribution in [1.82, 2.24) is 4.98 Å². The van der Waals surface area contributed by atoms with Crippen LogP contribution in [0.3, 0.4) is 0 Å². The van der Waals surface area contributed by atoms with Gasteiger partial charge in [-0.1, -0.05) is 36.4 Å². The van der Waals surface area contributed by atoms with Crippen LogP contribution in [-0.2, 0) is 33.6 Å². The lowest BCUT2D eigenvalue weighted by atomic mass is 10.0. The SMILES string of the molecule is O=S(=O)=CCCNc1cc(CO)cc(Nc2c3ccccc3nc3ccccc23)c1CCC=S(=O)=O. The van der Waals surface area contributed by atoms with Crippen LogP contribution in [0.5, 0.6) is 0 Å². The first-order valence-electron chi connectivity index (χ1n) is 11.3. The van der Waals surface area contributed by atoms with Crippen molar-refractivity contribution in [2.45, 2.75) is 25.9 Å². The van der Waals surface area contributed by atoms with E-state index in [0.29, 0.717) is 29.9 Å². The van der Waals surface area contributed by atoms with Gasteiger partial charge < -0.3 is 15.7 Å². The first kappa shape index (κ1) is 25.4. The monoisotopic (exact) mass is 523 g/mol. The normalized spacial score (nSPS) is 10.8. The lowest BCUT2D eigenvalue weighted by Crippen LogP contribution is -2.09. The Morgan fingerprint density at radius 1 is 0.806 bits per heavy atom. The number of para-hydroxylation sites is 2. The molecule has 0 aliphatic carbocycles. The Balaban J connectivity index is 1.86. The molecule has 10 heteroatoms. The van der Waals surface area contributed by atoms with Gasteiger partial charge in [0.15, 0.2) is 0 Å². The van der Waals surface area contributed by atoms with E-state index >= 15 is 0 Å². The summed E-state index contributed by atoms with van der Waals surface area (Å²) in [7, 11) is -4.53. The highest BCUT2D eigenvalue weighted by atomic mass is 32.2. The highest BCUT2D eigenvalue weighted by molar-refractivity contribution is 7.71. The molecule has 0 amide bonds. The van der Waals surface area contributed by atoms with E-state index in [-0.39, 0.29) is 19.4 Å². The Morgan fingerprint density at radius 2 is 1.39 bits per heavy atom. The Bertz CT molecular complexity index is 1630. The molecule has 0 aliphatic rings. The molecule has 0 unspecified atom stereocenters. The van der Waals surface area contributed by atoms with Crippen molar-refractivity contribution in [3.63, 3.8) is 0 Å². The molecule has 36 heavy (non-hydrogen) atoms. The van der Waals surface area contributed by atoms with E-state index in [0.717, 1.165) is 33.1 Å². The van der Waals surface area contributed by atoms with Gasteiger partial charge in [0.05, 0.1) is 23.3 Å². The summed E-state index contributed by atoms with van der Waals surface area (Å²) in [5.74, 6) is 0. The predicted octanol–water partition coefficient (Wildman–Crippen LogP) is 3.72. The number of hydrogen-bond donors (Lipinski definition) is 3. The number of aliphatic hydroxyl groups is 1. The standard InChI is InChI=1S/C26H25N3O5S2/c30-17-18-15-24(27-12-6-14-36(33)34)19(9-5-13-35(31)32)25(16-18)29-26-20-7-1-3-10-22(20)28-23-11-4-2-8-21(23)26/h1-4,7-8,10-11,13-16,27,30H,5-6,9,12,17H2,(H,28,29). The predicted molar refractivity (Wildman–Crippen MR) is 146 cm³/mol. The molecule has 4 aromatic rings. The molecule has 4 rings (SSSR count). The van der Waals surface area contributed by atoms with Crippen LogP contribution in [0, 0.1) is 0 Å². The van der Waals surface area contributed by atoms with Crippen molar-refractivity contribution in [2.24, 2.45) is 0 Å². The lowest BCUT2D eigenvalue weighted by Gasteiger charge is -2.20. The van der Waals surface area contributed by atoms with Gasteiger partial charge in [0, 0.05) is 39.4 Å². The Labute approximate surface area is 211 Å². The van der Waals surface area contributed by atoms with Crippen molar-refractivity contribution >= 4 is 70.2 Å². The van der Waals surface area contributed by atoms with Gasteiger partial charge in [-0.2, -0.15) is 16.8 Å². The minimum Gasteiger partial charge on any atom is -0.392 e. The molecule has 0 radical (unpaired) electrons. The highest BCUT2D eigenvalue weighted by Gasteiger charge is 2.15. The summed E-state index contributed by atoms with van der Waals surface area (Å²) in [6.45, 7) is 0.155. The third kappa shape index (κ3) is 6.09. The van der Waals surface area contributed by atoms with Crippen molar-refractivity contribution < 1.29 is 21.9 Å². The van der Waals surface area contributed by atoms with Crippen molar-refractivity contribution in [2.75, 3.05) is 17.2 Å². The summed E-state index contributed by atoms with van der Waals surface area (Å²) >= 11 is 0. The molecular formula is C26H25N3O5S2. The largest absolute Gasteiger partial charge is 0.392 e. The molecule has 8 nitrogen and oxygen atoms in total. The van der Waals surface area contributed by atoms with Crippen LogP contribution < -0.4 is 10.6 Å². The molecule has 0 saturated carbocycles. The molecular weight excluding hydrogens is 498 g/mol. The van der Waals surface area contributed by atoms with Crippen LogP contribution in [0.4, 0.5) is 17.1 Å². The maximum absolute atomic E-state index is 11.1. The molecule has 0 atom stereocenters. The number of aromatic nitrogens is 1. The third-order valence-corrected chi connectivity index (χ3v) is 6.72. The molecule has 3 N–H and O–H groups in total. The van der Waals surface area contributed by atoms with Crippen LogP contribution in [0.2, 0.25) is 0 Å². The van der Waals surface area contributed by atoms with Gasteiger partial charge in [-0.15, -0.1) is 0 Å². The summed E-state index contributed by atoms with van der Waals surface area (Å²) in [6, 6.07) is 19.2. The van der Waals surface area contributed by atoms with Crippen LogP contribution >= 0.6 is 0 Å². The van der Waals surface area contributed by atoms with Crippen LogP contribution in [0.15, 0.2) is 60.7 Å². The lowest BCUT2D eigenvalue weighted by molar-refractivity contribution is 0.282. The number of aliphatic hydroxyl groups excluding tert-OH is 1. The van der Waals surface area contributed by atoms with Crippen molar-refractivity contribution in [3.05, 3.63) is 71.8 Å². The number of rotatable bonds is 10. The number of hydrogen-bond acceptors (Lipinski definition) is 8. The number of nitrogens with one attached hydrogen (secondary N) is 2. The first-order valence-corrected chi connectivity index (χ1v) is 13.6. The summed E-state index contributed by atoms with van der Waals surface area (Å²) in [5.41, 5.74) is 5.39. The van der Waals surface area contributed by atoms with Gasteiger partial charge in [-0.3, -0.25) is 0 Å². The molecule has 1 heterocycles. The van der Waals surface area contributed by atoms with E-state index in [9.17, 15) is 21.9 Å². The van der Waals surface area contributed by atoms with Crippen LogP contribution in [0.25, 0.3) is 21.8 Å². The van der Waals surface area contributed by atoms with Gasteiger partial charge in [0.1, 0.15) is 0 Å². The second-order valence-electron chi connectivity index (χ2n) is 8.08. The average molecular weight is 524 g/mol. The zero-order valence-corrected chi connectivity index (χ0v) is 20.9. The minimum atomic E-state index is -2.28. The van der Waals surface area contributed by atoms with E-state index < -0.39 is 20.6 Å². The van der Waals surface area contributed by atoms with Gasteiger partial charge >= 0.3 is 0 Å². The Kier molecular flexibility index (Phi) is 8.32. The third-order valence-electron chi connectivity index (χ3n) is 5.70. The summed E-state index contributed by atoms with van der Waals surface area (Å²) in [5, 5.41) is 21.0. The molecule has 0 saturated heterocycles. The van der Waals surface area contributed by atoms with Crippen molar-refractivity contribution in [1.29, 1.82) is 0 Å². The molecule has 3 aromatic carbocycles. The summed E-state index contributed by atoms with van der Waals surface area (Å²) in [6.07, 6.45) is 0.979. The van der Waals surface area contributed by atoms with E-state index in [4.69, 9.17) is 4.98 Å². The van der Waals surface area contributed by atoms with Gasteiger partial charge in [-0.25, -0.2) is 4.98 Å². The molecule has 0 fully saturated rings. The molecule has 0 bridgehead atoms. The zero-order chi connectivity index (χ0) is 25.5. The number of pyridine rings is 1. The van der Waals surface area contributed by atoms with Gasteiger partial charge in [0.25, 0.3) is 0 Å². The van der Waals surface area contributed by atoms with Gasteiger partial charge in [-0.05, 0) is 54.7 Å². The second-order valence-corrected chi connectivity index (χ2v) is 9.79. The minimum absolute atomic E-state index is 0.200. The molecule has 0 aliphatic heterocycles. The van der Waals surface area contributed by atoms with E-state index in [1.165, 1.54) is 10.7 Å². The maximum atomic E-state index is 11.1. The van der Waals surface area contributed by atoms with Crippen LogP contribution in [0.1, 0.15) is 24.0 Å². The second kappa shape index (κ2) is 11.8. The van der Waals surface area contributed by atoms with E-state index in [1.807, 2.05) is 54.6 Å². The molecule has 0 spiro atoms. The smallest absolute Gasteiger partial charge is 0.210 e. The fourth-order valence-corrected chi connectivity index (χ4v) is 4.75. The fourth-order valence-electron chi connectivity index (χ4n) is 4.13. The summed E-state index contributed by atoms with van der Waals surface area (Å²) < 4.78 is 44.0. The van der Waals surface area contributed by atoms with Crippen LogP contribution in [-0.4, -0.2) is 44.2 Å². The number of benzene rings is 3. The van der Waals surface area contributed by atoms with E-state index in [1.54, 1.807) is 6.07 Å². The first-order chi connectivity index (χ1) is 17.5. The maximum Gasteiger partial charge on any atom is 0.210 e. The topological polar surface area (TPSA) is 125 Å². The van der Waals surface area contributed by atoms with Gasteiger partial charge in [0.2, 0.25) is 20.6 Å². The quantitative estimate of drug-likeness (QED) is 0.163. The molecule has 1 aromatic heterocycles. The Morgan fingerprint density at radius 3 is 2.00 bits per heavy atom. The fraction of sp³-hybridized carbons (Fsp3) is 0.192. The number of fused-ring (bicyclic) bond motifs is 2. The van der Waals surface area contributed by atoms with Crippen molar-refractivity contribution in [3.8, 4) is 0 Å². The zero-order valence-electron chi connectivity index (χ0n) is 19.3. The Hall–Kier alpha value is -3.73. The number of anilines is 3. The summed E-state index contributed by atoms with van der Waals surface area (Å²) in [4.78, 5) is 4.77.